The molecule has 0 bridgehead atoms. The third kappa shape index (κ3) is 4.41. The van der Waals surface area contributed by atoms with E-state index in [2.05, 4.69) is 31.5 Å². The molecule has 0 saturated heterocycles. The first-order chi connectivity index (χ1) is 13.2. The van der Waals surface area contributed by atoms with Crippen LogP contribution in [0.4, 0.5) is 5.13 Å². The van der Waals surface area contributed by atoms with E-state index < -0.39 is 0 Å². The van der Waals surface area contributed by atoms with Crippen LogP contribution in [0.2, 0.25) is 0 Å². The molecule has 142 valence electrons. The fraction of sp³-hybridized carbons (Fsp3) is 0.450. The van der Waals surface area contributed by atoms with Gasteiger partial charge in [0.15, 0.2) is 5.13 Å². The third-order valence-electron chi connectivity index (χ3n) is 5.15. The van der Waals surface area contributed by atoms with Crippen LogP contribution >= 0.6 is 27.3 Å². The number of carbonyl (C=O) groups is 1. The van der Waals surface area contributed by atoms with Gasteiger partial charge in [0.05, 0.1) is 16.5 Å². The van der Waals surface area contributed by atoms with Crippen molar-refractivity contribution in [3.05, 3.63) is 41.4 Å². The van der Waals surface area contributed by atoms with Gasteiger partial charge < -0.3 is 4.57 Å². The standard InChI is InChI=1S/C20H23BrN4OS/c21-16-7-8-17-18(13-16)27-20(23-17)25(11-4-10-24-12-9-22-14-24)19(26)15-5-2-1-3-6-15/h7-9,12-15H,1-6,10-11H2. The van der Waals surface area contributed by atoms with Crippen LogP contribution in [0.1, 0.15) is 38.5 Å². The van der Waals surface area contributed by atoms with E-state index in [1.165, 1.54) is 6.42 Å². The molecule has 0 atom stereocenters. The van der Waals surface area contributed by atoms with Gasteiger partial charge in [0.25, 0.3) is 0 Å². The summed E-state index contributed by atoms with van der Waals surface area (Å²) in [5.41, 5.74) is 0.953. The second-order valence-corrected chi connectivity index (χ2v) is 9.01. The van der Waals surface area contributed by atoms with Crippen LogP contribution in [0.5, 0.6) is 0 Å². The van der Waals surface area contributed by atoms with E-state index >= 15 is 0 Å². The van der Waals surface area contributed by atoms with Gasteiger partial charge in [0.2, 0.25) is 5.91 Å². The predicted molar refractivity (Wildman–Crippen MR) is 113 cm³/mol. The molecule has 0 radical (unpaired) electrons. The molecule has 1 aromatic carbocycles. The Kier molecular flexibility index (Phi) is 5.88. The van der Waals surface area contributed by atoms with Crippen molar-refractivity contribution in [3.8, 4) is 0 Å². The Labute approximate surface area is 171 Å². The number of nitrogens with zero attached hydrogens (tertiary/aromatic N) is 4. The summed E-state index contributed by atoms with van der Waals surface area (Å²) >= 11 is 5.13. The maximum atomic E-state index is 13.3. The van der Waals surface area contributed by atoms with Crippen molar-refractivity contribution in [3.63, 3.8) is 0 Å². The SMILES string of the molecule is O=C(C1CCCCC1)N(CCCn1ccnc1)c1nc2ccc(Br)cc2s1. The van der Waals surface area contributed by atoms with Crippen molar-refractivity contribution >= 4 is 48.5 Å². The highest BCUT2D eigenvalue weighted by Crippen LogP contribution is 2.33. The number of carbonyl (C=O) groups excluding carboxylic acids is 1. The summed E-state index contributed by atoms with van der Waals surface area (Å²) in [5.74, 6) is 0.393. The maximum absolute atomic E-state index is 13.3. The van der Waals surface area contributed by atoms with E-state index in [0.29, 0.717) is 6.54 Å². The second-order valence-electron chi connectivity index (χ2n) is 7.09. The van der Waals surface area contributed by atoms with E-state index in [9.17, 15) is 4.79 Å². The van der Waals surface area contributed by atoms with Crippen LogP contribution in [-0.4, -0.2) is 27.0 Å². The number of thiazole rings is 1. The number of imidazole rings is 1. The monoisotopic (exact) mass is 446 g/mol. The lowest BCUT2D eigenvalue weighted by atomic mass is 9.88. The summed E-state index contributed by atoms with van der Waals surface area (Å²) in [4.78, 5) is 24.1. The topological polar surface area (TPSA) is 51.0 Å². The zero-order valence-electron chi connectivity index (χ0n) is 15.2. The zero-order valence-corrected chi connectivity index (χ0v) is 17.6. The molecule has 1 amide bonds. The summed E-state index contributed by atoms with van der Waals surface area (Å²) in [6, 6.07) is 6.08. The van der Waals surface area contributed by atoms with Gasteiger partial charge >= 0.3 is 0 Å². The highest BCUT2D eigenvalue weighted by Gasteiger charge is 2.28. The third-order valence-corrected chi connectivity index (χ3v) is 6.68. The summed E-state index contributed by atoms with van der Waals surface area (Å²) in [6.07, 6.45) is 12.0. The number of fused-ring (bicyclic) bond motifs is 1. The van der Waals surface area contributed by atoms with E-state index in [0.717, 1.165) is 58.5 Å². The van der Waals surface area contributed by atoms with Crippen LogP contribution in [0, 0.1) is 5.92 Å². The Morgan fingerprint density at radius 3 is 2.93 bits per heavy atom. The van der Waals surface area contributed by atoms with Gasteiger partial charge in [0, 0.05) is 35.9 Å². The van der Waals surface area contributed by atoms with Gasteiger partial charge in [-0.3, -0.25) is 9.69 Å². The maximum Gasteiger partial charge on any atom is 0.231 e. The summed E-state index contributed by atoms with van der Waals surface area (Å²) in [5, 5.41) is 0.823. The van der Waals surface area contributed by atoms with Gasteiger partial charge in [-0.15, -0.1) is 0 Å². The molecule has 0 unspecified atom stereocenters. The molecule has 7 heteroatoms. The Morgan fingerprint density at radius 2 is 2.15 bits per heavy atom. The summed E-state index contributed by atoms with van der Waals surface area (Å²) < 4.78 is 4.20. The van der Waals surface area contributed by atoms with Crippen molar-refractivity contribution in [1.29, 1.82) is 0 Å². The number of rotatable bonds is 6. The molecular formula is C20H23BrN4OS. The van der Waals surface area contributed by atoms with Gasteiger partial charge in [-0.2, -0.15) is 0 Å². The Hall–Kier alpha value is -1.73. The molecule has 1 fully saturated rings. The number of hydrogen-bond acceptors (Lipinski definition) is 4. The largest absolute Gasteiger partial charge is 0.337 e. The molecule has 27 heavy (non-hydrogen) atoms. The van der Waals surface area contributed by atoms with E-state index in [-0.39, 0.29) is 11.8 Å². The lowest BCUT2D eigenvalue weighted by molar-refractivity contribution is -0.123. The fourth-order valence-electron chi connectivity index (χ4n) is 3.70. The van der Waals surface area contributed by atoms with Crippen LogP contribution in [0.15, 0.2) is 41.4 Å². The predicted octanol–water partition coefficient (Wildman–Crippen LogP) is 5.26. The van der Waals surface area contributed by atoms with Crippen molar-refractivity contribution < 1.29 is 4.79 Å². The highest BCUT2D eigenvalue weighted by atomic mass is 79.9. The number of halogens is 1. The van der Waals surface area contributed by atoms with Gasteiger partial charge in [0.1, 0.15) is 0 Å². The number of aryl methyl sites for hydroxylation is 1. The summed E-state index contributed by atoms with van der Waals surface area (Å²) in [6.45, 7) is 1.54. The van der Waals surface area contributed by atoms with Gasteiger partial charge in [-0.05, 0) is 37.5 Å². The highest BCUT2D eigenvalue weighted by molar-refractivity contribution is 9.10. The second kappa shape index (κ2) is 8.52. The van der Waals surface area contributed by atoms with Crippen LogP contribution < -0.4 is 4.90 Å². The Morgan fingerprint density at radius 1 is 1.30 bits per heavy atom. The number of aromatic nitrogens is 3. The molecule has 4 rings (SSSR count). The minimum atomic E-state index is 0.144. The number of benzene rings is 1. The lowest BCUT2D eigenvalue weighted by Crippen LogP contribution is -2.38. The molecule has 0 N–H and O–H groups in total. The smallest absolute Gasteiger partial charge is 0.231 e. The van der Waals surface area contributed by atoms with Crippen molar-refractivity contribution in [2.45, 2.75) is 45.1 Å². The molecule has 1 aliphatic rings. The molecule has 1 aliphatic carbocycles. The molecule has 2 aromatic heterocycles. The van der Waals surface area contributed by atoms with Crippen molar-refractivity contribution in [2.24, 2.45) is 5.92 Å². The zero-order chi connectivity index (χ0) is 18.6. The quantitative estimate of drug-likeness (QED) is 0.518. The fourth-order valence-corrected chi connectivity index (χ4v) is 5.25. The molecule has 1 saturated carbocycles. The van der Waals surface area contributed by atoms with Crippen molar-refractivity contribution in [1.82, 2.24) is 14.5 Å². The average Bonchev–Trinajstić information content (AvgIpc) is 3.34. The molecular weight excluding hydrogens is 424 g/mol. The van der Waals surface area contributed by atoms with E-state index in [1.54, 1.807) is 17.5 Å². The Balaban J connectivity index is 1.56. The first-order valence-electron chi connectivity index (χ1n) is 9.54. The molecule has 0 aliphatic heterocycles. The van der Waals surface area contributed by atoms with Crippen LogP contribution in [0.25, 0.3) is 10.2 Å². The Bertz CT molecular complexity index is 902. The van der Waals surface area contributed by atoms with E-state index in [4.69, 9.17) is 4.98 Å². The van der Waals surface area contributed by atoms with Gasteiger partial charge in [-0.1, -0.05) is 46.5 Å². The lowest BCUT2D eigenvalue weighted by Gasteiger charge is -2.27. The van der Waals surface area contributed by atoms with Crippen molar-refractivity contribution in [2.75, 3.05) is 11.4 Å². The van der Waals surface area contributed by atoms with Gasteiger partial charge in [-0.25, -0.2) is 9.97 Å². The van der Waals surface area contributed by atoms with E-state index in [1.807, 2.05) is 29.6 Å². The number of anilines is 1. The van der Waals surface area contributed by atoms with Crippen LogP contribution in [0.3, 0.4) is 0 Å². The molecule has 3 aromatic rings. The molecule has 2 heterocycles. The minimum absolute atomic E-state index is 0.144. The number of amides is 1. The minimum Gasteiger partial charge on any atom is -0.337 e. The first kappa shape index (κ1) is 18.6. The molecule has 0 spiro atoms. The molecule has 5 nitrogen and oxygen atoms in total. The summed E-state index contributed by atoms with van der Waals surface area (Å²) in [7, 11) is 0. The number of hydrogen-bond donors (Lipinski definition) is 0. The normalized spacial score (nSPS) is 15.3. The first-order valence-corrected chi connectivity index (χ1v) is 11.1. The average molecular weight is 447 g/mol. The van der Waals surface area contributed by atoms with Crippen LogP contribution in [-0.2, 0) is 11.3 Å².